The van der Waals surface area contributed by atoms with Crippen molar-refractivity contribution < 1.29 is 9.59 Å². The van der Waals surface area contributed by atoms with E-state index in [4.69, 9.17) is 0 Å². The first-order valence-electron chi connectivity index (χ1n) is 13.7. The Bertz CT molecular complexity index is 1630. The standard InChI is InChI=1S/C29H29N9O2S/c39-26(17-22-15-20(12-13-30-22)19-8-9-19)31-25-11-10-21(33-34-25)5-1-2-7-28-35-36-29(41-28)32-27(40)18-23-16-24-6-3-4-14-38(24)37-23/h3-4,6,10-16,19H,1-2,5,7-9,17-18H2,(H,31,34,39)(H,32,36,40). The van der Waals surface area contributed by atoms with Crippen molar-refractivity contribution in [2.24, 2.45) is 0 Å². The van der Waals surface area contributed by atoms with E-state index in [1.165, 1.54) is 29.7 Å². The number of pyridine rings is 2. The number of amides is 2. The van der Waals surface area contributed by atoms with Gasteiger partial charge in [0, 0.05) is 24.5 Å². The second-order valence-electron chi connectivity index (χ2n) is 10.1. The number of carbonyl (C=O) groups excluding carboxylic acids is 2. The Morgan fingerprint density at radius 3 is 2.54 bits per heavy atom. The first-order chi connectivity index (χ1) is 20.1. The van der Waals surface area contributed by atoms with E-state index < -0.39 is 0 Å². The van der Waals surface area contributed by atoms with Gasteiger partial charge in [0.1, 0.15) is 5.01 Å². The van der Waals surface area contributed by atoms with E-state index in [-0.39, 0.29) is 24.7 Å². The normalized spacial score (nSPS) is 12.9. The first kappa shape index (κ1) is 26.6. The molecule has 5 aromatic heterocycles. The third-order valence-corrected chi connectivity index (χ3v) is 7.67. The van der Waals surface area contributed by atoms with Crippen LogP contribution in [0.3, 0.4) is 0 Å². The van der Waals surface area contributed by atoms with Crippen LogP contribution in [0.15, 0.2) is 60.9 Å². The predicted molar refractivity (Wildman–Crippen MR) is 155 cm³/mol. The second kappa shape index (κ2) is 12.3. The van der Waals surface area contributed by atoms with Gasteiger partial charge in [-0.3, -0.25) is 14.6 Å². The van der Waals surface area contributed by atoms with Crippen molar-refractivity contribution in [3.05, 3.63) is 88.6 Å². The molecule has 0 aliphatic heterocycles. The zero-order chi connectivity index (χ0) is 28.0. The van der Waals surface area contributed by atoms with E-state index in [0.717, 1.165) is 47.6 Å². The molecular weight excluding hydrogens is 538 g/mol. The minimum atomic E-state index is -0.172. The fourth-order valence-electron chi connectivity index (χ4n) is 4.57. The molecule has 41 heavy (non-hydrogen) atoms. The fraction of sp³-hybridized carbons (Fsp3) is 0.310. The van der Waals surface area contributed by atoms with Crippen LogP contribution in [0.4, 0.5) is 10.9 Å². The number of aryl methyl sites for hydroxylation is 2. The molecule has 208 valence electrons. The molecule has 0 bridgehead atoms. The van der Waals surface area contributed by atoms with Gasteiger partial charge in [-0.05, 0) is 86.1 Å². The summed E-state index contributed by atoms with van der Waals surface area (Å²) in [5, 5.41) is 28.1. The van der Waals surface area contributed by atoms with Gasteiger partial charge in [-0.2, -0.15) is 10.2 Å². The topological polar surface area (TPSA) is 140 Å². The molecule has 0 spiro atoms. The van der Waals surface area contributed by atoms with Crippen molar-refractivity contribution in [2.75, 3.05) is 10.6 Å². The average molecular weight is 568 g/mol. The van der Waals surface area contributed by atoms with Gasteiger partial charge in [0.15, 0.2) is 5.82 Å². The number of unbranched alkanes of at least 4 members (excludes halogenated alkanes) is 1. The largest absolute Gasteiger partial charge is 0.309 e. The summed E-state index contributed by atoms with van der Waals surface area (Å²) in [5.74, 6) is 0.730. The number of nitrogens with zero attached hydrogens (tertiary/aromatic N) is 7. The van der Waals surface area contributed by atoms with Crippen LogP contribution in [0.2, 0.25) is 0 Å². The van der Waals surface area contributed by atoms with Crippen LogP contribution in [-0.2, 0) is 35.3 Å². The zero-order valence-corrected chi connectivity index (χ0v) is 23.2. The summed E-state index contributed by atoms with van der Waals surface area (Å²) in [7, 11) is 0. The van der Waals surface area contributed by atoms with Gasteiger partial charge in [0.05, 0.1) is 29.7 Å². The Morgan fingerprint density at radius 2 is 1.71 bits per heavy atom. The maximum absolute atomic E-state index is 12.4. The Labute approximate surface area is 240 Å². The van der Waals surface area contributed by atoms with E-state index in [9.17, 15) is 9.59 Å². The van der Waals surface area contributed by atoms with Gasteiger partial charge >= 0.3 is 0 Å². The quantitative estimate of drug-likeness (QED) is 0.214. The van der Waals surface area contributed by atoms with Gasteiger partial charge in [0.2, 0.25) is 16.9 Å². The summed E-state index contributed by atoms with van der Waals surface area (Å²) in [6, 6.07) is 15.4. The summed E-state index contributed by atoms with van der Waals surface area (Å²) in [5.41, 5.74) is 4.54. The monoisotopic (exact) mass is 567 g/mol. The van der Waals surface area contributed by atoms with Crippen LogP contribution < -0.4 is 10.6 Å². The molecule has 0 atom stereocenters. The number of aromatic nitrogens is 7. The van der Waals surface area contributed by atoms with E-state index in [1.807, 2.05) is 48.7 Å². The molecule has 1 aliphatic carbocycles. The van der Waals surface area contributed by atoms with Crippen molar-refractivity contribution in [1.82, 2.24) is 35.0 Å². The lowest BCUT2D eigenvalue weighted by molar-refractivity contribution is -0.116. The first-order valence-corrected chi connectivity index (χ1v) is 14.5. The van der Waals surface area contributed by atoms with Crippen LogP contribution in [0.5, 0.6) is 0 Å². The van der Waals surface area contributed by atoms with Crippen molar-refractivity contribution in [2.45, 2.75) is 57.3 Å². The summed E-state index contributed by atoms with van der Waals surface area (Å²) in [6.45, 7) is 0. The number of rotatable bonds is 12. The van der Waals surface area contributed by atoms with Gasteiger partial charge in [0.25, 0.3) is 0 Å². The molecule has 5 aromatic rings. The van der Waals surface area contributed by atoms with Crippen molar-refractivity contribution in [3.8, 4) is 0 Å². The molecule has 0 unspecified atom stereocenters. The van der Waals surface area contributed by atoms with Gasteiger partial charge < -0.3 is 10.6 Å². The predicted octanol–water partition coefficient (Wildman–Crippen LogP) is 4.18. The zero-order valence-electron chi connectivity index (χ0n) is 22.4. The van der Waals surface area contributed by atoms with Crippen molar-refractivity contribution in [3.63, 3.8) is 0 Å². The summed E-state index contributed by atoms with van der Waals surface area (Å²) in [4.78, 5) is 29.2. The number of hydrogen-bond donors (Lipinski definition) is 2. The number of hydrogen-bond acceptors (Lipinski definition) is 9. The lowest BCUT2D eigenvalue weighted by Crippen LogP contribution is -2.16. The molecular formula is C29H29N9O2S. The molecule has 11 nitrogen and oxygen atoms in total. The van der Waals surface area contributed by atoms with E-state index in [0.29, 0.717) is 22.6 Å². The minimum Gasteiger partial charge on any atom is -0.309 e. The SMILES string of the molecule is O=C(Cc1cc(C2CC2)ccn1)Nc1ccc(CCCCc2nnc(NC(=O)Cc3cc4ccccn4n3)s2)nn1. The molecule has 2 amide bonds. The molecule has 2 N–H and O–H groups in total. The smallest absolute Gasteiger partial charge is 0.232 e. The molecule has 0 radical (unpaired) electrons. The van der Waals surface area contributed by atoms with Crippen molar-refractivity contribution >= 4 is 39.6 Å². The Balaban J connectivity index is 0.900. The van der Waals surface area contributed by atoms with Crippen LogP contribution >= 0.6 is 11.3 Å². The van der Waals surface area contributed by atoms with Crippen molar-refractivity contribution in [1.29, 1.82) is 0 Å². The lowest BCUT2D eigenvalue weighted by atomic mass is 10.1. The second-order valence-corrected chi connectivity index (χ2v) is 11.2. The number of nitrogens with one attached hydrogen (secondary N) is 2. The van der Waals surface area contributed by atoms with Crippen LogP contribution in [0.1, 0.15) is 59.3 Å². The number of fused-ring (bicyclic) bond motifs is 1. The van der Waals surface area contributed by atoms with Gasteiger partial charge in [-0.15, -0.1) is 15.3 Å². The maximum atomic E-state index is 12.4. The van der Waals surface area contributed by atoms with Gasteiger partial charge in [-0.1, -0.05) is 17.4 Å². The molecule has 12 heteroatoms. The summed E-state index contributed by atoms with van der Waals surface area (Å²) < 4.78 is 1.75. The highest BCUT2D eigenvalue weighted by molar-refractivity contribution is 7.15. The van der Waals surface area contributed by atoms with Crippen LogP contribution in [0, 0.1) is 0 Å². The highest BCUT2D eigenvalue weighted by Crippen LogP contribution is 2.39. The van der Waals surface area contributed by atoms with Gasteiger partial charge in [-0.25, -0.2) is 4.52 Å². The molecule has 6 rings (SSSR count). The van der Waals surface area contributed by atoms with E-state index >= 15 is 0 Å². The fourth-order valence-corrected chi connectivity index (χ4v) is 5.37. The summed E-state index contributed by atoms with van der Waals surface area (Å²) in [6.07, 6.45) is 9.77. The molecule has 0 aromatic carbocycles. The highest BCUT2D eigenvalue weighted by atomic mass is 32.1. The third kappa shape index (κ3) is 7.34. The molecule has 1 fully saturated rings. The van der Waals surface area contributed by atoms with Crippen LogP contribution in [0.25, 0.3) is 5.52 Å². The van der Waals surface area contributed by atoms with E-state index in [2.05, 4.69) is 41.1 Å². The molecule has 1 aliphatic rings. The summed E-state index contributed by atoms with van der Waals surface area (Å²) >= 11 is 1.38. The Morgan fingerprint density at radius 1 is 0.854 bits per heavy atom. The molecule has 0 saturated heterocycles. The van der Waals surface area contributed by atoms with E-state index in [1.54, 1.807) is 16.8 Å². The Kier molecular flexibility index (Phi) is 7.99. The maximum Gasteiger partial charge on any atom is 0.232 e. The molecule has 5 heterocycles. The molecule has 1 saturated carbocycles. The Hall–Kier alpha value is -4.58. The van der Waals surface area contributed by atoms with Crippen LogP contribution in [-0.4, -0.2) is 46.8 Å². The number of anilines is 2. The lowest BCUT2D eigenvalue weighted by Gasteiger charge is -2.06. The minimum absolute atomic E-state index is 0.157. The average Bonchev–Trinajstić information content (AvgIpc) is 3.60. The highest BCUT2D eigenvalue weighted by Gasteiger charge is 2.23. The number of carbonyl (C=O) groups is 2. The third-order valence-electron chi connectivity index (χ3n) is 6.77.